The van der Waals surface area contributed by atoms with Crippen LogP contribution < -0.4 is 10.6 Å². The summed E-state index contributed by atoms with van der Waals surface area (Å²) < 4.78 is 0. The van der Waals surface area contributed by atoms with E-state index >= 15 is 0 Å². The maximum atomic E-state index is 12.7. The van der Waals surface area contributed by atoms with Gasteiger partial charge in [0.25, 0.3) is 0 Å². The molecule has 0 aromatic carbocycles. The molecule has 0 spiro atoms. The zero-order valence-electron chi connectivity index (χ0n) is 21.0. The van der Waals surface area contributed by atoms with E-state index in [9.17, 15) is 19.5 Å². The lowest BCUT2D eigenvalue weighted by molar-refractivity contribution is -0.191. The Morgan fingerprint density at radius 2 is 1.32 bits per heavy atom. The fourth-order valence-corrected chi connectivity index (χ4v) is 3.55. The van der Waals surface area contributed by atoms with Crippen LogP contribution >= 0.6 is 0 Å². The fourth-order valence-electron chi connectivity index (χ4n) is 3.55. The van der Waals surface area contributed by atoms with Crippen molar-refractivity contribution < 1.29 is 29.1 Å². The molecule has 3 N–H and O–H groups in total. The van der Waals surface area contributed by atoms with E-state index < -0.39 is 12.0 Å². The second kappa shape index (κ2) is 19.0. The third-order valence-electron chi connectivity index (χ3n) is 5.65. The third-order valence-corrected chi connectivity index (χ3v) is 5.65. The molecule has 196 valence electrons. The van der Waals surface area contributed by atoms with E-state index in [2.05, 4.69) is 39.3 Å². The molecule has 1 atom stereocenters. The van der Waals surface area contributed by atoms with Crippen molar-refractivity contribution in [2.45, 2.75) is 33.2 Å². The van der Waals surface area contributed by atoms with E-state index in [0.29, 0.717) is 39.1 Å². The highest BCUT2D eigenvalue weighted by Gasteiger charge is 2.21. The Morgan fingerprint density at radius 1 is 0.853 bits per heavy atom. The monoisotopic (exact) mass is 486 g/mol. The largest absolute Gasteiger partial charge is 0.480 e. The first-order valence-electron chi connectivity index (χ1n) is 11.8. The van der Waals surface area contributed by atoms with E-state index in [1.54, 1.807) is 0 Å². The number of aliphatic carboxylic acids is 1. The van der Waals surface area contributed by atoms with Crippen molar-refractivity contribution in [1.82, 2.24) is 30.2 Å². The van der Waals surface area contributed by atoms with E-state index in [0.717, 1.165) is 32.7 Å². The van der Waals surface area contributed by atoms with Crippen molar-refractivity contribution >= 4 is 23.9 Å². The third kappa shape index (κ3) is 14.7. The number of carboxylic acids is 1. The van der Waals surface area contributed by atoms with Crippen LogP contribution in [0.2, 0.25) is 0 Å². The molecule has 0 aliphatic carbocycles. The van der Waals surface area contributed by atoms with Gasteiger partial charge in [-0.2, -0.15) is 9.59 Å². The Kier molecular flexibility index (Phi) is 17.7. The maximum absolute atomic E-state index is 12.7. The van der Waals surface area contributed by atoms with Gasteiger partial charge in [-0.1, -0.05) is 13.8 Å². The van der Waals surface area contributed by atoms with Crippen molar-refractivity contribution in [1.29, 1.82) is 0 Å². The minimum absolute atomic E-state index is 0.00986. The van der Waals surface area contributed by atoms with Crippen LogP contribution in [-0.2, 0) is 24.0 Å². The molecule has 1 heterocycles. The number of rotatable bonds is 9. The van der Waals surface area contributed by atoms with Gasteiger partial charge in [-0.05, 0) is 26.9 Å². The fraction of sp³-hybridized carbons (Fsp3) is 0.818. The molecule has 34 heavy (non-hydrogen) atoms. The number of likely N-dealkylation sites (N-methyl/N-ethyl adjacent to an activating group) is 3. The minimum Gasteiger partial charge on any atom is -0.480 e. The lowest BCUT2D eigenvalue weighted by Crippen LogP contribution is -2.51. The molecule has 1 aliphatic rings. The van der Waals surface area contributed by atoms with Gasteiger partial charge >= 0.3 is 12.1 Å². The smallest absolute Gasteiger partial charge is 0.373 e. The average Bonchev–Trinajstić information content (AvgIpc) is 2.78. The summed E-state index contributed by atoms with van der Waals surface area (Å²) >= 11 is 0. The topological polar surface area (TPSA) is 143 Å². The molecule has 1 saturated heterocycles. The van der Waals surface area contributed by atoms with E-state index in [1.165, 1.54) is 0 Å². The molecule has 0 bridgehead atoms. The number of hydrogen-bond acceptors (Lipinski definition) is 9. The van der Waals surface area contributed by atoms with Gasteiger partial charge < -0.3 is 25.5 Å². The molecular formula is C22H42N6O6. The first kappa shape index (κ1) is 31.6. The molecule has 1 fully saturated rings. The summed E-state index contributed by atoms with van der Waals surface area (Å²) in [7, 11) is 2.06. The molecule has 1 rings (SSSR count). The Bertz CT molecular complexity index is 643. The van der Waals surface area contributed by atoms with Crippen molar-refractivity contribution in [3.63, 3.8) is 0 Å². The molecule has 0 saturated carbocycles. The Balaban J connectivity index is 0.00000343. The summed E-state index contributed by atoms with van der Waals surface area (Å²) in [6.07, 6.45) is 0.779. The van der Waals surface area contributed by atoms with Crippen LogP contribution in [0.25, 0.3) is 0 Å². The van der Waals surface area contributed by atoms with Gasteiger partial charge in [0.2, 0.25) is 11.8 Å². The molecule has 1 aliphatic heterocycles. The van der Waals surface area contributed by atoms with Crippen LogP contribution in [0.5, 0.6) is 0 Å². The summed E-state index contributed by atoms with van der Waals surface area (Å²) in [4.78, 5) is 60.8. The van der Waals surface area contributed by atoms with Gasteiger partial charge in [-0.25, -0.2) is 0 Å². The number of carbonyl (C=O) groups is 3. The highest BCUT2D eigenvalue weighted by Crippen LogP contribution is 2.00. The van der Waals surface area contributed by atoms with Crippen molar-refractivity contribution in [3.05, 3.63) is 0 Å². The van der Waals surface area contributed by atoms with Crippen LogP contribution in [0, 0.1) is 0 Å². The number of carboxylic acid groups (broad SMARTS) is 1. The molecule has 2 amide bonds. The zero-order chi connectivity index (χ0) is 25.9. The van der Waals surface area contributed by atoms with Gasteiger partial charge in [0, 0.05) is 58.9 Å². The van der Waals surface area contributed by atoms with E-state index in [1.807, 2.05) is 18.7 Å². The first-order valence-corrected chi connectivity index (χ1v) is 11.8. The first-order chi connectivity index (χ1) is 16.2. The Morgan fingerprint density at radius 3 is 1.79 bits per heavy atom. The van der Waals surface area contributed by atoms with Gasteiger partial charge in [0.1, 0.15) is 6.04 Å². The van der Waals surface area contributed by atoms with E-state index in [4.69, 9.17) is 9.59 Å². The second-order valence-corrected chi connectivity index (χ2v) is 8.19. The predicted octanol–water partition coefficient (Wildman–Crippen LogP) is -1.61. The second-order valence-electron chi connectivity index (χ2n) is 8.19. The quantitative estimate of drug-likeness (QED) is 0.348. The summed E-state index contributed by atoms with van der Waals surface area (Å²) in [5.41, 5.74) is 0. The highest BCUT2D eigenvalue weighted by atomic mass is 16.4. The van der Waals surface area contributed by atoms with Crippen molar-refractivity contribution in [2.24, 2.45) is 0 Å². The van der Waals surface area contributed by atoms with Crippen LogP contribution in [0.15, 0.2) is 0 Å². The summed E-state index contributed by atoms with van der Waals surface area (Å²) in [6, 6.07) is -0.536. The number of hydrogen-bond donors (Lipinski definition) is 3. The summed E-state index contributed by atoms with van der Waals surface area (Å²) in [6.45, 7) is 13.5. The molecule has 0 radical (unpaired) electrons. The van der Waals surface area contributed by atoms with Crippen LogP contribution in [-0.4, -0.2) is 140 Å². The minimum atomic E-state index is -0.844. The molecule has 0 aromatic heterocycles. The predicted molar refractivity (Wildman–Crippen MR) is 126 cm³/mol. The summed E-state index contributed by atoms with van der Waals surface area (Å²) in [5, 5.41) is 14.8. The maximum Gasteiger partial charge on any atom is 0.373 e. The van der Waals surface area contributed by atoms with Crippen molar-refractivity contribution in [3.8, 4) is 0 Å². The summed E-state index contributed by atoms with van der Waals surface area (Å²) in [5.74, 6) is -1.19. The number of carbonyl (C=O) groups excluding carboxylic acids is 4. The number of amides is 2. The van der Waals surface area contributed by atoms with Crippen LogP contribution in [0.3, 0.4) is 0 Å². The number of nitrogens with one attached hydrogen (secondary N) is 2. The molecule has 0 aromatic rings. The standard InChI is InChI=1S/C21H42N6O4.CO2/c1-5-18(21(31)22-6-2)23-19(28)16-26-13-12-25(7-3)10-8-24(4)9-11-27(15-14-26)17-20(29)30;2-1-3/h18H,5-17H2,1-4H3,(H,22,31)(H,23,28)(H,29,30);. The molecule has 1 unspecified atom stereocenters. The van der Waals surface area contributed by atoms with Crippen molar-refractivity contribution in [2.75, 3.05) is 85.6 Å². The SMILES string of the molecule is CCNC(=O)C(CC)NC(=O)CN1CCN(CC)CCN(C)CCN(CC(=O)O)CC1.O=C=O. The Labute approximate surface area is 202 Å². The molecule has 12 nitrogen and oxygen atoms in total. The average molecular weight is 487 g/mol. The van der Waals surface area contributed by atoms with Gasteiger partial charge in [0.15, 0.2) is 0 Å². The van der Waals surface area contributed by atoms with Gasteiger partial charge in [-0.15, -0.1) is 0 Å². The van der Waals surface area contributed by atoms with Crippen LogP contribution in [0.4, 0.5) is 0 Å². The molecule has 12 heteroatoms. The molecular weight excluding hydrogens is 444 g/mol. The lowest BCUT2D eigenvalue weighted by Gasteiger charge is -2.32. The Hall–Kier alpha value is -2.37. The lowest BCUT2D eigenvalue weighted by atomic mass is 10.2. The van der Waals surface area contributed by atoms with Crippen LogP contribution in [0.1, 0.15) is 27.2 Å². The van der Waals surface area contributed by atoms with Gasteiger partial charge in [-0.3, -0.25) is 24.2 Å². The highest BCUT2D eigenvalue weighted by molar-refractivity contribution is 5.88. The number of nitrogens with zero attached hydrogens (tertiary/aromatic N) is 4. The zero-order valence-corrected chi connectivity index (χ0v) is 21.0. The van der Waals surface area contributed by atoms with E-state index in [-0.39, 0.29) is 31.1 Å². The normalized spacial score (nSPS) is 18.2. The van der Waals surface area contributed by atoms with Gasteiger partial charge in [0.05, 0.1) is 13.1 Å².